The van der Waals surface area contributed by atoms with Crippen molar-refractivity contribution in [2.75, 3.05) is 0 Å². The van der Waals surface area contributed by atoms with Crippen molar-refractivity contribution in [2.45, 2.75) is 6.92 Å². The number of hydrogen-bond acceptors (Lipinski definition) is 0. The monoisotopic (exact) mass is 389 g/mol. The quantitative estimate of drug-likeness (QED) is 0.427. The van der Waals surface area contributed by atoms with Gasteiger partial charge in [0.1, 0.15) is 0 Å². The summed E-state index contributed by atoms with van der Waals surface area (Å²) in [6.07, 6.45) is 0. The smallest absolute Gasteiger partial charge is 0 e. The SMILES string of the molecule is [CH2-]C#CC#CC#CC#CC#CC#CC#CC#CC#CC#CC#CC#CC#CC#CC#CC. The molecule has 0 aliphatic carbocycles. The maximum absolute atomic E-state index is 3.31. The molecule has 0 bridgehead atoms. The normalized spacial score (nSPS) is 3.91. The molecule has 0 aromatic carbocycles. The molecule has 0 atom stereocenters. The molecule has 0 aromatic heterocycles. The van der Waals surface area contributed by atoms with Gasteiger partial charge in [0, 0.05) is 59.2 Å². The van der Waals surface area contributed by atoms with Gasteiger partial charge in [-0.15, -0.1) is 5.92 Å². The first-order valence-electron chi connectivity index (χ1n) is 8.10. The predicted molar refractivity (Wildman–Crippen MR) is 128 cm³/mol. The molecule has 0 heteroatoms. The first-order valence-corrected chi connectivity index (χ1v) is 8.10. The summed E-state index contributed by atoms with van der Waals surface area (Å²) in [7, 11) is 0. The van der Waals surface area contributed by atoms with Crippen LogP contribution in [0, 0.1) is 185 Å². The van der Waals surface area contributed by atoms with E-state index in [1.807, 2.05) is 0 Å². The minimum atomic E-state index is 1.69. The molecule has 0 amide bonds. The van der Waals surface area contributed by atoms with Gasteiger partial charge >= 0.3 is 0 Å². The standard InChI is InChI=1S/C32H5/c1-3-5-7-9-11-13-15-17-19-21-23-25-27-29-31-32-30-28-26-24-22-20-18-16-14-12-10-8-6-4-2/h1H2,2H3/q-1. The van der Waals surface area contributed by atoms with Crippen LogP contribution in [0.3, 0.4) is 0 Å². The highest BCUT2D eigenvalue weighted by atomic mass is 13.6. The van der Waals surface area contributed by atoms with Crippen LogP contribution in [-0.4, -0.2) is 0 Å². The van der Waals surface area contributed by atoms with Gasteiger partial charge in [0.2, 0.25) is 0 Å². The van der Waals surface area contributed by atoms with E-state index in [0.29, 0.717) is 0 Å². The molecule has 0 unspecified atom stereocenters. The summed E-state index contributed by atoms with van der Waals surface area (Å²) in [5, 5.41) is 0. The van der Waals surface area contributed by atoms with Gasteiger partial charge in [0.15, 0.2) is 0 Å². The second kappa shape index (κ2) is 24.3. The fourth-order valence-corrected chi connectivity index (χ4v) is 0.919. The summed E-state index contributed by atoms with van der Waals surface area (Å²) >= 11 is 0. The van der Waals surface area contributed by atoms with Gasteiger partial charge in [0.25, 0.3) is 0 Å². The third kappa shape index (κ3) is 23.3. The van der Waals surface area contributed by atoms with Gasteiger partial charge in [-0.05, 0) is 102 Å². The first-order chi connectivity index (χ1) is 15.9. The average Bonchev–Trinajstić information content (AvgIpc) is 2.81. The lowest BCUT2D eigenvalue weighted by Gasteiger charge is -1.64. The van der Waals surface area contributed by atoms with Gasteiger partial charge in [-0.1, -0.05) is 5.92 Å². The molecule has 0 rings (SSSR count). The largest absolute Gasteiger partial charge is 0.284 e. The summed E-state index contributed by atoms with van der Waals surface area (Å²) in [4.78, 5) is 0. The molecule has 32 heavy (non-hydrogen) atoms. The zero-order valence-corrected chi connectivity index (χ0v) is 16.7. The molecule has 0 heterocycles. The van der Waals surface area contributed by atoms with Crippen LogP contribution in [0.15, 0.2) is 0 Å². The Bertz CT molecular complexity index is 1560. The third-order valence-electron chi connectivity index (χ3n) is 1.90. The van der Waals surface area contributed by atoms with Crippen molar-refractivity contribution in [3.8, 4) is 178 Å². The first kappa shape index (κ1) is 25.3. The van der Waals surface area contributed by atoms with Crippen molar-refractivity contribution in [2.24, 2.45) is 0 Å². The topological polar surface area (TPSA) is 0 Å². The lowest BCUT2D eigenvalue weighted by Crippen LogP contribution is -1.57. The highest BCUT2D eigenvalue weighted by Gasteiger charge is 1.59. The molecule has 0 N–H and O–H groups in total. The van der Waals surface area contributed by atoms with E-state index in [0.717, 1.165) is 0 Å². The van der Waals surface area contributed by atoms with Crippen LogP contribution < -0.4 is 0 Å². The maximum atomic E-state index is 3.31. The van der Waals surface area contributed by atoms with Crippen molar-refractivity contribution >= 4 is 0 Å². The molecule has 0 nitrogen and oxygen atoms in total. The molecule has 0 saturated carbocycles. The lowest BCUT2D eigenvalue weighted by atomic mass is 10.4. The summed E-state index contributed by atoms with van der Waals surface area (Å²) in [5.41, 5.74) is 0. The van der Waals surface area contributed by atoms with Crippen molar-refractivity contribution in [1.82, 2.24) is 0 Å². The molecule has 0 fully saturated rings. The molecule has 0 aliphatic rings. The van der Waals surface area contributed by atoms with Crippen LogP contribution in [0.5, 0.6) is 0 Å². The average molecular weight is 389 g/mol. The van der Waals surface area contributed by atoms with Crippen LogP contribution in [0.1, 0.15) is 6.92 Å². The van der Waals surface area contributed by atoms with Gasteiger partial charge in [-0.25, -0.2) is 5.92 Å². The fraction of sp³-hybridized carbons (Fsp3) is 0.0312. The van der Waals surface area contributed by atoms with Gasteiger partial charge in [-0.3, -0.25) is 5.92 Å². The van der Waals surface area contributed by atoms with E-state index >= 15 is 0 Å². The minimum Gasteiger partial charge on any atom is -0.284 e. The molecular weight excluding hydrogens is 384 g/mol. The van der Waals surface area contributed by atoms with Crippen LogP contribution in [0.25, 0.3) is 0 Å². The highest BCUT2D eigenvalue weighted by molar-refractivity contribution is 5.48. The van der Waals surface area contributed by atoms with Crippen molar-refractivity contribution in [1.29, 1.82) is 0 Å². The Morgan fingerprint density at radius 3 is 0.562 bits per heavy atom. The van der Waals surface area contributed by atoms with Gasteiger partial charge < -0.3 is 0 Å². The Morgan fingerprint density at radius 2 is 0.406 bits per heavy atom. The van der Waals surface area contributed by atoms with Gasteiger partial charge in [-0.2, -0.15) is 6.92 Å². The summed E-state index contributed by atoms with van der Waals surface area (Å²) < 4.78 is 0. The summed E-state index contributed by atoms with van der Waals surface area (Å²) in [5.74, 6) is 75.0. The maximum Gasteiger partial charge on any atom is 0 e. The van der Waals surface area contributed by atoms with Crippen molar-refractivity contribution < 1.29 is 0 Å². The Labute approximate surface area is 191 Å². The van der Waals surface area contributed by atoms with Crippen molar-refractivity contribution in [3.05, 3.63) is 6.92 Å². The van der Waals surface area contributed by atoms with E-state index < -0.39 is 0 Å². The van der Waals surface area contributed by atoms with Crippen LogP contribution in [0.4, 0.5) is 0 Å². The summed E-state index contributed by atoms with van der Waals surface area (Å²) in [6.45, 7) is 5.00. The van der Waals surface area contributed by atoms with E-state index in [-0.39, 0.29) is 0 Å². The lowest BCUT2D eigenvalue weighted by molar-refractivity contribution is 1.92. The zero-order chi connectivity index (χ0) is 23.2. The second-order valence-electron chi connectivity index (χ2n) is 3.93. The Morgan fingerprint density at radius 1 is 0.250 bits per heavy atom. The van der Waals surface area contributed by atoms with Crippen LogP contribution >= 0.6 is 0 Å². The Hall–Kier alpha value is -6.73. The molecule has 0 saturated heterocycles. The Kier molecular flexibility index (Phi) is 19.2. The minimum absolute atomic E-state index is 1.69. The fourth-order valence-electron chi connectivity index (χ4n) is 0.919. The molecule has 0 radical (unpaired) electrons. The molecular formula is C32H5-. The molecule has 0 spiro atoms. The zero-order valence-electron chi connectivity index (χ0n) is 16.7. The van der Waals surface area contributed by atoms with E-state index in [1.54, 1.807) is 6.92 Å². The third-order valence-corrected chi connectivity index (χ3v) is 1.90. The molecule has 134 valence electrons. The highest BCUT2D eigenvalue weighted by Crippen LogP contribution is 1.60. The van der Waals surface area contributed by atoms with Gasteiger partial charge in [0.05, 0.1) is 0 Å². The van der Waals surface area contributed by atoms with E-state index in [9.17, 15) is 0 Å². The van der Waals surface area contributed by atoms with Crippen LogP contribution in [-0.2, 0) is 0 Å². The second-order valence-corrected chi connectivity index (χ2v) is 3.93. The molecule has 0 aromatic rings. The predicted octanol–water partition coefficient (Wildman–Crippen LogP) is 0.891. The van der Waals surface area contributed by atoms with E-state index in [4.69, 9.17) is 0 Å². The molecule has 0 aliphatic heterocycles. The van der Waals surface area contributed by atoms with E-state index in [2.05, 4.69) is 185 Å². The Balaban J connectivity index is 4.47. The number of hydrogen-bond donors (Lipinski definition) is 0. The van der Waals surface area contributed by atoms with Crippen LogP contribution in [0.2, 0.25) is 0 Å². The van der Waals surface area contributed by atoms with E-state index in [1.165, 1.54) is 0 Å². The summed E-state index contributed by atoms with van der Waals surface area (Å²) in [6, 6.07) is 0. The number of rotatable bonds is 0. The van der Waals surface area contributed by atoms with Crippen molar-refractivity contribution in [3.63, 3.8) is 0 Å².